The third-order valence-corrected chi connectivity index (χ3v) is 4.71. The van der Waals surface area contributed by atoms with Gasteiger partial charge in [-0.2, -0.15) is 0 Å². The second-order valence-corrected chi connectivity index (χ2v) is 12.2. The highest BCUT2D eigenvalue weighted by molar-refractivity contribution is 9.39. The number of hydrogen-bond acceptors (Lipinski definition) is 2. The molecule has 6 heteroatoms. The summed E-state index contributed by atoms with van der Waals surface area (Å²) in [4.78, 5) is 12.4. The van der Waals surface area contributed by atoms with Crippen LogP contribution in [0.3, 0.4) is 0 Å². The van der Waals surface area contributed by atoms with Crippen LogP contribution in [0.1, 0.15) is 21.5 Å². The minimum absolute atomic E-state index is 0.156. The van der Waals surface area contributed by atoms with Crippen molar-refractivity contribution in [2.45, 2.75) is 22.2 Å². The van der Waals surface area contributed by atoms with Crippen molar-refractivity contribution >= 4 is 59.4 Å². The normalized spacial score (nSPS) is 12.6. The highest BCUT2D eigenvalue weighted by Crippen LogP contribution is 2.38. The smallest absolute Gasteiger partial charge is 0.252 e. The summed E-state index contributed by atoms with van der Waals surface area (Å²) < 4.78 is -0.687. The van der Waals surface area contributed by atoms with Crippen molar-refractivity contribution in [3.05, 3.63) is 65.2 Å². The van der Waals surface area contributed by atoms with Gasteiger partial charge in [0.05, 0.1) is 0 Å². The molecule has 0 heterocycles. The van der Waals surface area contributed by atoms with Gasteiger partial charge in [0.25, 0.3) is 5.91 Å². The van der Waals surface area contributed by atoms with Crippen LogP contribution < -0.4 is 10.6 Å². The first-order valence-electron chi connectivity index (χ1n) is 7.04. The molecule has 0 fully saturated rings. The van der Waals surface area contributed by atoms with E-state index in [1.807, 2.05) is 38.1 Å². The van der Waals surface area contributed by atoms with Gasteiger partial charge in [0.2, 0.25) is 0 Å². The van der Waals surface area contributed by atoms with E-state index in [-0.39, 0.29) is 5.91 Å². The van der Waals surface area contributed by atoms with E-state index in [2.05, 4.69) is 70.6 Å². The topological polar surface area (TPSA) is 41.1 Å². The summed E-state index contributed by atoms with van der Waals surface area (Å²) in [6.45, 7) is 4.06. The number of halogens is 3. The summed E-state index contributed by atoms with van der Waals surface area (Å²) in [5.41, 5.74) is 3.82. The molecule has 0 spiro atoms. The van der Waals surface area contributed by atoms with Gasteiger partial charge >= 0.3 is 0 Å². The number of anilines is 1. The number of carbonyl (C=O) groups is 1. The number of benzene rings is 2. The molecular formula is C17H17Br3N2O. The molecule has 0 aromatic heterocycles. The molecule has 23 heavy (non-hydrogen) atoms. The average molecular weight is 505 g/mol. The summed E-state index contributed by atoms with van der Waals surface area (Å²) >= 11 is 10.5. The maximum atomic E-state index is 12.4. The summed E-state index contributed by atoms with van der Waals surface area (Å²) in [6.07, 6.45) is -0.421. The van der Waals surface area contributed by atoms with Gasteiger partial charge in [-0.1, -0.05) is 78.1 Å². The van der Waals surface area contributed by atoms with Gasteiger partial charge in [0, 0.05) is 11.3 Å². The molecule has 0 aliphatic carbocycles. The number of aryl methyl sites for hydroxylation is 2. The Hall–Kier alpha value is -0.850. The van der Waals surface area contributed by atoms with Crippen LogP contribution in [0.25, 0.3) is 0 Å². The minimum Gasteiger partial charge on any atom is -0.362 e. The quantitative estimate of drug-likeness (QED) is 0.437. The Balaban J connectivity index is 2.21. The molecule has 2 aromatic rings. The Kier molecular flexibility index (Phi) is 6.28. The summed E-state index contributed by atoms with van der Waals surface area (Å²) in [5, 5.41) is 6.33. The fourth-order valence-corrected chi connectivity index (χ4v) is 2.74. The predicted molar refractivity (Wildman–Crippen MR) is 107 cm³/mol. The molecular weight excluding hydrogens is 488 g/mol. The number of carbonyl (C=O) groups excluding carboxylic acids is 1. The molecule has 1 amide bonds. The SMILES string of the molecule is Cc1ccc(C)c(NC(NC(=O)c2ccccc2)C(Br)(Br)Br)c1. The summed E-state index contributed by atoms with van der Waals surface area (Å²) in [5.74, 6) is -0.156. The van der Waals surface area contributed by atoms with Crippen molar-refractivity contribution in [3.8, 4) is 0 Å². The summed E-state index contributed by atoms with van der Waals surface area (Å²) in [6, 6.07) is 15.3. The Labute approximate surface area is 161 Å². The number of alkyl halides is 3. The van der Waals surface area contributed by atoms with Crippen LogP contribution in [-0.2, 0) is 0 Å². The van der Waals surface area contributed by atoms with Gasteiger partial charge in [0.15, 0.2) is 2.14 Å². The zero-order valence-electron chi connectivity index (χ0n) is 12.7. The highest BCUT2D eigenvalue weighted by Gasteiger charge is 2.32. The van der Waals surface area contributed by atoms with Crippen molar-refractivity contribution in [3.63, 3.8) is 0 Å². The fourth-order valence-electron chi connectivity index (χ4n) is 2.05. The molecule has 0 aliphatic heterocycles. The molecule has 0 aliphatic rings. The van der Waals surface area contributed by atoms with Crippen LogP contribution in [0.15, 0.2) is 48.5 Å². The highest BCUT2D eigenvalue weighted by atomic mass is 80.0. The molecule has 0 saturated heterocycles. The fraction of sp³-hybridized carbons (Fsp3) is 0.235. The van der Waals surface area contributed by atoms with E-state index in [1.165, 1.54) is 0 Å². The number of nitrogens with one attached hydrogen (secondary N) is 2. The number of hydrogen-bond donors (Lipinski definition) is 2. The van der Waals surface area contributed by atoms with E-state index in [4.69, 9.17) is 0 Å². The lowest BCUT2D eigenvalue weighted by Crippen LogP contribution is -2.48. The first-order chi connectivity index (χ1) is 10.8. The standard InChI is InChI=1S/C17H17Br3N2O/c1-11-8-9-12(2)14(10-11)21-16(17(18,19)20)22-15(23)13-6-4-3-5-7-13/h3-10,16,21H,1-2H3,(H,22,23). The second kappa shape index (κ2) is 7.81. The van der Waals surface area contributed by atoms with Crippen LogP contribution in [0.4, 0.5) is 5.69 Å². The molecule has 0 bridgehead atoms. The Morgan fingerprint density at radius 3 is 2.30 bits per heavy atom. The van der Waals surface area contributed by atoms with Crippen molar-refractivity contribution in [2.75, 3.05) is 5.32 Å². The van der Waals surface area contributed by atoms with Gasteiger partial charge in [-0.05, 0) is 43.2 Å². The third-order valence-electron chi connectivity index (χ3n) is 3.33. The molecule has 2 rings (SSSR count). The van der Waals surface area contributed by atoms with E-state index in [9.17, 15) is 4.79 Å². The minimum atomic E-state index is -0.687. The Morgan fingerprint density at radius 1 is 1.04 bits per heavy atom. The van der Waals surface area contributed by atoms with E-state index in [0.717, 1.165) is 16.8 Å². The average Bonchev–Trinajstić information content (AvgIpc) is 2.50. The summed E-state index contributed by atoms with van der Waals surface area (Å²) in [7, 11) is 0. The monoisotopic (exact) mass is 502 g/mol. The lowest BCUT2D eigenvalue weighted by Gasteiger charge is -2.29. The van der Waals surface area contributed by atoms with E-state index in [0.29, 0.717) is 5.56 Å². The lowest BCUT2D eigenvalue weighted by molar-refractivity contribution is 0.0943. The molecule has 0 radical (unpaired) electrons. The number of amides is 1. The van der Waals surface area contributed by atoms with E-state index in [1.54, 1.807) is 12.1 Å². The lowest BCUT2D eigenvalue weighted by atomic mass is 10.1. The predicted octanol–water partition coefficient (Wildman–Crippen LogP) is 5.31. The van der Waals surface area contributed by atoms with Crippen molar-refractivity contribution in [1.29, 1.82) is 0 Å². The maximum Gasteiger partial charge on any atom is 0.252 e. The molecule has 3 nitrogen and oxygen atoms in total. The van der Waals surface area contributed by atoms with Crippen molar-refractivity contribution in [2.24, 2.45) is 0 Å². The Bertz CT molecular complexity index is 684. The first-order valence-corrected chi connectivity index (χ1v) is 9.41. The van der Waals surface area contributed by atoms with Gasteiger partial charge < -0.3 is 10.6 Å². The van der Waals surface area contributed by atoms with Gasteiger partial charge in [0.1, 0.15) is 6.17 Å². The van der Waals surface area contributed by atoms with Crippen LogP contribution in [-0.4, -0.2) is 14.2 Å². The molecule has 122 valence electrons. The van der Waals surface area contributed by atoms with Crippen LogP contribution in [0.5, 0.6) is 0 Å². The van der Waals surface area contributed by atoms with Gasteiger partial charge in [-0.15, -0.1) is 0 Å². The van der Waals surface area contributed by atoms with Crippen LogP contribution >= 0.6 is 47.8 Å². The number of rotatable bonds is 4. The zero-order valence-corrected chi connectivity index (χ0v) is 17.5. The molecule has 0 saturated carbocycles. The van der Waals surface area contributed by atoms with Crippen LogP contribution in [0.2, 0.25) is 0 Å². The zero-order chi connectivity index (χ0) is 17.0. The van der Waals surface area contributed by atoms with E-state index < -0.39 is 8.31 Å². The van der Waals surface area contributed by atoms with Crippen molar-refractivity contribution < 1.29 is 4.79 Å². The molecule has 1 unspecified atom stereocenters. The third kappa shape index (κ3) is 5.33. The Morgan fingerprint density at radius 2 is 1.70 bits per heavy atom. The van der Waals surface area contributed by atoms with Gasteiger partial charge in [-0.3, -0.25) is 4.79 Å². The molecule has 1 atom stereocenters. The largest absolute Gasteiger partial charge is 0.362 e. The second-order valence-electron chi connectivity index (χ2n) is 5.28. The van der Waals surface area contributed by atoms with Gasteiger partial charge in [-0.25, -0.2) is 0 Å². The molecule has 2 N–H and O–H groups in total. The maximum absolute atomic E-state index is 12.4. The van der Waals surface area contributed by atoms with E-state index >= 15 is 0 Å². The van der Waals surface area contributed by atoms with Crippen molar-refractivity contribution in [1.82, 2.24) is 5.32 Å². The van der Waals surface area contributed by atoms with Crippen LogP contribution in [0, 0.1) is 13.8 Å². The molecule has 2 aromatic carbocycles. The first kappa shape index (κ1) is 18.5.